The van der Waals surface area contributed by atoms with Crippen LogP contribution in [0.2, 0.25) is 0 Å². The van der Waals surface area contributed by atoms with Crippen molar-refractivity contribution in [1.29, 1.82) is 0 Å². The first-order valence-corrected chi connectivity index (χ1v) is 9.82. The van der Waals surface area contributed by atoms with Crippen molar-refractivity contribution in [2.24, 2.45) is 5.92 Å². The third kappa shape index (κ3) is 4.34. The van der Waals surface area contributed by atoms with E-state index in [0.29, 0.717) is 31.6 Å². The molecule has 0 bridgehead atoms. The van der Waals surface area contributed by atoms with E-state index in [9.17, 15) is 14.9 Å². The topological polar surface area (TPSA) is 75.9 Å². The van der Waals surface area contributed by atoms with E-state index in [4.69, 9.17) is 4.74 Å². The maximum atomic E-state index is 13.1. The van der Waals surface area contributed by atoms with Crippen LogP contribution in [0.3, 0.4) is 0 Å². The summed E-state index contributed by atoms with van der Waals surface area (Å²) in [6, 6.07) is 14.4. The van der Waals surface area contributed by atoms with Crippen molar-refractivity contribution in [3.63, 3.8) is 0 Å². The predicted octanol–water partition coefficient (Wildman–Crippen LogP) is 4.04. The Balaban J connectivity index is 1.66. The zero-order chi connectivity index (χ0) is 21.0. The second-order valence-electron chi connectivity index (χ2n) is 7.37. The zero-order valence-electron chi connectivity index (χ0n) is 17.1. The average molecular weight is 397 g/mol. The van der Waals surface area contributed by atoms with Crippen molar-refractivity contribution in [2.45, 2.75) is 25.8 Å². The molecule has 1 fully saturated rings. The standard InChI is InChI=1S/C22H27N3O4/c1-16(18-8-4-7-11-21(18)29-3)23(2)22(26)17-12-14-24(15-13-17)19-9-5-6-10-20(19)25(27)28/h4-11,16-17H,12-15H2,1-3H3. The minimum atomic E-state index is -0.352. The van der Waals surface area contributed by atoms with Crippen molar-refractivity contribution in [1.82, 2.24) is 4.90 Å². The average Bonchev–Trinajstić information content (AvgIpc) is 2.77. The number of amides is 1. The van der Waals surface area contributed by atoms with Gasteiger partial charge in [0.05, 0.1) is 18.1 Å². The fourth-order valence-corrected chi connectivity index (χ4v) is 3.95. The Kier molecular flexibility index (Phi) is 6.36. The SMILES string of the molecule is COc1ccccc1C(C)N(C)C(=O)C1CCN(c2ccccc2[N+](=O)[O-])CC1. The van der Waals surface area contributed by atoms with Gasteiger partial charge in [0.1, 0.15) is 11.4 Å². The summed E-state index contributed by atoms with van der Waals surface area (Å²) in [4.78, 5) is 27.8. The van der Waals surface area contributed by atoms with Crippen LogP contribution in [0.25, 0.3) is 0 Å². The van der Waals surface area contributed by atoms with Crippen LogP contribution in [0, 0.1) is 16.0 Å². The Morgan fingerprint density at radius 1 is 1.17 bits per heavy atom. The first-order chi connectivity index (χ1) is 13.9. The minimum absolute atomic E-state index is 0.0869. The number of hydrogen-bond acceptors (Lipinski definition) is 5. The molecule has 0 saturated carbocycles. The third-order valence-corrected chi connectivity index (χ3v) is 5.78. The van der Waals surface area contributed by atoms with Gasteiger partial charge in [-0.1, -0.05) is 30.3 Å². The number of para-hydroxylation sites is 3. The molecule has 1 unspecified atom stereocenters. The van der Waals surface area contributed by atoms with Crippen LogP contribution in [0.1, 0.15) is 31.4 Å². The second kappa shape index (κ2) is 8.94. The van der Waals surface area contributed by atoms with Crippen molar-refractivity contribution >= 4 is 17.3 Å². The molecule has 7 heteroatoms. The summed E-state index contributed by atoms with van der Waals surface area (Å²) >= 11 is 0. The smallest absolute Gasteiger partial charge is 0.292 e. The maximum absolute atomic E-state index is 13.1. The van der Waals surface area contributed by atoms with E-state index >= 15 is 0 Å². The number of rotatable bonds is 6. The number of benzene rings is 2. The van der Waals surface area contributed by atoms with Crippen LogP contribution < -0.4 is 9.64 Å². The van der Waals surface area contributed by atoms with E-state index in [2.05, 4.69) is 0 Å². The number of nitrogens with zero attached hydrogens (tertiary/aromatic N) is 3. The first-order valence-electron chi connectivity index (χ1n) is 9.82. The molecule has 29 heavy (non-hydrogen) atoms. The molecule has 3 rings (SSSR count). The zero-order valence-corrected chi connectivity index (χ0v) is 17.1. The van der Waals surface area contributed by atoms with Crippen LogP contribution in [-0.4, -0.2) is 43.0 Å². The normalized spacial score (nSPS) is 15.6. The molecule has 154 valence electrons. The van der Waals surface area contributed by atoms with Crippen LogP contribution in [0.15, 0.2) is 48.5 Å². The third-order valence-electron chi connectivity index (χ3n) is 5.78. The van der Waals surface area contributed by atoms with Crippen LogP contribution in [0.4, 0.5) is 11.4 Å². The first kappa shape index (κ1) is 20.6. The Hall–Kier alpha value is -3.09. The monoisotopic (exact) mass is 397 g/mol. The van der Waals surface area contributed by atoms with Gasteiger partial charge in [-0.25, -0.2) is 0 Å². The Morgan fingerprint density at radius 3 is 2.45 bits per heavy atom. The fourth-order valence-electron chi connectivity index (χ4n) is 3.95. The summed E-state index contributed by atoms with van der Waals surface area (Å²) in [5, 5.41) is 11.3. The summed E-state index contributed by atoms with van der Waals surface area (Å²) in [7, 11) is 3.46. The van der Waals surface area contributed by atoms with E-state index < -0.39 is 0 Å². The van der Waals surface area contributed by atoms with E-state index in [1.54, 1.807) is 24.1 Å². The van der Waals surface area contributed by atoms with Gasteiger partial charge in [-0.2, -0.15) is 0 Å². The second-order valence-corrected chi connectivity index (χ2v) is 7.37. The summed E-state index contributed by atoms with van der Waals surface area (Å²) in [6.07, 6.45) is 1.35. The van der Waals surface area contributed by atoms with E-state index in [0.717, 1.165) is 11.3 Å². The molecule has 1 atom stereocenters. The van der Waals surface area contributed by atoms with Crippen LogP contribution in [-0.2, 0) is 4.79 Å². The lowest BCUT2D eigenvalue weighted by atomic mass is 9.93. The molecule has 1 aliphatic rings. The van der Waals surface area contributed by atoms with Gasteiger partial charge in [-0.15, -0.1) is 0 Å². The molecule has 1 heterocycles. The Labute approximate surface area is 171 Å². The quantitative estimate of drug-likeness (QED) is 0.543. The van der Waals surface area contributed by atoms with Gasteiger partial charge in [0, 0.05) is 37.7 Å². The molecule has 0 aromatic heterocycles. The summed E-state index contributed by atoms with van der Waals surface area (Å²) in [5.41, 5.74) is 1.71. The largest absolute Gasteiger partial charge is 0.496 e. The molecule has 1 amide bonds. The highest BCUT2D eigenvalue weighted by atomic mass is 16.6. The minimum Gasteiger partial charge on any atom is -0.496 e. The Morgan fingerprint density at radius 2 is 1.79 bits per heavy atom. The summed E-state index contributed by atoms with van der Waals surface area (Å²) in [5.74, 6) is 0.785. The number of ether oxygens (including phenoxy) is 1. The van der Waals surface area contributed by atoms with Crippen molar-refractivity contribution in [3.8, 4) is 5.75 Å². The molecule has 2 aromatic rings. The molecule has 2 aromatic carbocycles. The highest BCUT2D eigenvalue weighted by Crippen LogP contribution is 2.33. The lowest BCUT2D eigenvalue weighted by Gasteiger charge is -2.36. The fraction of sp³-hybridized carbons (Fsp3) is 0.409. The Bertz CT molecular complexity index is 878. The van der Waals surface area contributed by atoms with Gasteiger partial charge in [-0.05, 0) is 31.9 Å². The number of piperidine rings is 1. The number of hydrogen-bond donors (Lipinski definition) is 0. The van der Waals surface area contributed by atoms with Gasteiger partial charge in [0.25, 0.3) is 5.69 Å². The highest BCUT2D eigenvalue weighted by molar-refractivity contribution is 5.79. The highest BCUT2D eigenvalue weighted by Gasteiger charge is 2.31. The maximum Gasteiger partial charge on any atom is 0.292 e. The molecular weight excluding hydrogens is 370 g/mol. The predicted molar refractivity (Wildman–Crippen MR) is 112 cm³/mol. The van der Waals surface area contributed by atoms with Crippen molar-refractivity contribution < 1.29 is 14.5 Å². The van der Waals surface area contributed by atoms with Crippen LogP contribution in [0.5, 0.6) is 5.75 Å². The van der Waals surface area contributed by atoms with E-state index in [1.165, 1.54) is 6.07 Å². The molecule has 0 aliphatic carbocycles. The van der Waals surface area contributed by atoms with Gasteiger partial charge >= 0.3 is 0 Å². The lowest BCUT2D eigenvalue weighted by molar-refractivity contribution is -0.384. The molecule has 0 N–H and O–H groups in total. The number of methoxy groups -OCH3 is 1. The van der Waals surface area contributed by atoms with E-state index in [-0.39, 0.29) is 28.5 Å². The van der Waals surface area contributed by atoms with Gasteiger partial charge in [-0.3, -0.25) is 14.9 Å². The summed E-state index contributed by atoms with van der Waals surface area (Å²) < 4.78 is 5.44. The van der Waals surface area contributed by atoms with Gasteiger partial charge < -0.3 is 14.5 Å². The number of carbonyl (C=O) groups excluding carboxylic acids is 1. The molecule has 0 spiro atoms. The number of nitro benzene ring substituents is 1. The molecule has 1 saturated heterocycles. The van der Waals surface area contributed by atoms with Crippen molar-refractivity contribution in [3.05, 3.63) is 64.2 Å². The number of anilines is 1. The lowest BCUT2D eigenvalue weighted by Crippen LogP contribution is -2.42. The van der Waals surface area contributed by atoms with Crippen LogP contribution >= 0.6 is 0 Å². The molecular formula is C22H27N3O4. The van der Waals surface area contributed by atoms with Crippen molar-refractivity contribution in [2.75, 3.05) is 32.1 Å². The summed E-state index contributed by atoms with van der Waals surface area (Å²) in [6.45, 7) is 3.24. The molecule has 0 radical (unpaired) electrons. The van der Waals surface area contributed by atoms with Gasteiger partial charge in [0.15, 0.2) is 0 Å². The number of nitro groups is 1. The molecule has 1 aliphatic heterocycles. The molecule has 7 nitrogen and oxygen atoms in total. The van der Waals surface area contributed by atoms with Gasteiger partial charge in [0.2, 0.25) is 5.91 Å². The number of carbonyl (C=O) groups is 1. The van der Waals surface area contributed by atoms with E-state index in [1.807, 2.05) is 49.2 Å².